The molecule has 0 amide bonds. The molecule has 0 aliphatic heterocycles. The first-order valence-corrected chi connectivity index (χ1v) is 4.73. The minimum absolute atomic E-state index is 0.0688. The smallest absolute Gasteiger partial charge is 0.418 e. The SMILES string of the molecule is C=C(C)COc1ccc(NO)c(C(F)(F)F)c1. The second kappa shape index (κ2) is 5.09. The van der Waals surface area contributed by atoms with Crippen molar-refractivity contribution in [2.24, 2.45) is 0 Å². The summed E-state index contributed by atoms with van der Waals surface area (Å²) in [6.45, 7) is 5.42. The standard InChI is InChI=1S/C11H12F3NO2/c1-7(2)6-17-8-3-4-10(15-16)9(5-8)11(12,13)14/h3-5,15-16H,1,6H2,2H3. The van der Waals surface area contributed by atoms with Crippen LogP contribution in [0.5, 0.6) is 5.75 Å². The lowest BCUT2D eigenvalue weighted by Crippen LogP contribution is -2.10. The quantitative estimate of drug-likeness (QED) is 0.632. The van der Waals surface area contributed by atoms with Crippen LogP contribution in [0, 0.1) is 0 Å². The number of ether oxygens (including phenoxy) is 1. The molecule has 6 heteroatoms. The van der Waals surface area contributed by atoms with Crippen LogP contribution in [0.1, 0.15) is 12.5 Å². The van der Waals surface area contributed by atoms with Crippen LogP contribution in [0.25, 0.3) is 0 Å². The topological polar surface area (TPSA) is 41.5 Å². The third-order valence-electron chi connectivity index (χ3n) is 1.90. The van der Waals surface area contributed by atoms with Gasteiger partial charge in [0.05, 0.1) is 11.3 Å². The molecule has 94 valence electrons. The van der Waals surface area contributed by atoms with E-state index in [1.807, 2.05) is 0 Å². The number of hydrogen-bond donors (Lipinski definition) is 2. The van der Waals surface area contributed by atoms with E-state index in [0.717, 1.165) is 12.1 Å². The van der Waals surface area contributed by atoms with E-state index in [4.69, 9.17) is 9.94 Å². The van der Waals surface area contributed by atoms with Crippen molar-refractivity contribution in [1.82, 2.24) is 0 Å². The van der Waals surface area contributed by atoms with Gasteiger partial charge in [-0.15, -0.1) is 0 Å². The van der Waals surface area contributed by atoms with Crippen LogP contribution in [-0.2, 0) is 6.18 Å². The summed E-state index contributed by atoms with van der Waals surface area (Å²) in [5.41, 5.74) is 0.795. The van der Waals surface area contributed by atoms with Crippen LogP contribution in [0.4, 0.5) is 18.9 Å². The van der Waals surface area contributed by atoms with Crippen LogP contribution >= 0.6 is 0 Å². The number of anilines is 1. The minimum Gasteiger partial charge on any atom is -0.489 e. The van der Waals surface area contributed by atoms with Crippen molar-refractivity contribution in [2.75, 3.05) is 12.1 Å². The average molecular weight is 247 g/mol. The molecule has 0 saturated heterocycles. The number of nitrogens with one attached hydrogen (secondary N) is 1. The van der Waals surface area contributed by atoms with Gasteiger partial charge in [-0.2, -0.15) is 13.2 Å². The number of alkyl halides is 3. The van der Waals surface area contributed by atoms with Gasteiger partial charge in [0.1, 0.15) is 12.4 Å². The highest BCUT2D eigenvalue weighted by Crippen LogP contribution is 2.36. The molecule has 1 rings (SSSR count). The molecule has 1 aromatic carbocycles. The zero-order chi connectivity index (χ0) is 13.1. The van der Waals surface area contributed by atoms with Crippen LogP contribution in [0.15, 0.2) is 30.4 Å². The molecule has 0 unspecified atom stereocenters. The predicted octanol–water partition coefficient (Wildman–Crippen LogP) is 3.46. The maximum Gasteiger partial charge on any atom is 0.418 e. The van der Waals surface area contributed by atoms with Crippen molar-refractivity contribution >= 4 is 5.69 Å². The van der Waals surface area contributed by atoms with Crippen molar-refractivity contribution in [2.45, 2.75) is 13.1 Å². The van der Waals surface area contributed by atoms with Crippen LogP contribution in [0.3, 0.4) is 0 Å². The van der Waals surface area contributed by atoms with Gasteiger partial charge >= 0.3 is 6.18 Å². The van der Waals surface area contributed by atoms with E-state index in [1.165, 1.54) is 11.5 Å². The number of benzene rings is 1. The van der Waals surface area contributed by atoms with E-state index in [9.17, 15) is 13.2 Å². The van der Waals surface area contributed by atoms with Crippen molar-refractivity contribution in [3.05, 3.63) is 35.9 Å². The Labute approximate surface area is 96.5 Å². The molecule has 0 atom stereocenters. The highest BCUT2D eigenvalue weighted by molar-refractivity contribution is 5.54. The Balaban J connectivity index is 3.01. The molecule has 0 aromatic heterocycles. The minimum atomic E-state index is -4.56. The van der Waals surface area contributed by atoms with Gasteiger partial charge in [0.25, 0.3) is 0 Å². The molecule has 0 aliphatic rings. The number of halogens is 3. The normalized spacial score (nSPS) is 11.1. The molecular formula is C11H12F3NO2. The summed E-state index contributed by atoms with van der Waals surface area (Å²) in [7, 11) is 0. The summed E-state index contributed by atoms with van der Waals surface area (Å²) in [6, 6.07) is 3.24. The third kappa shape index (κ3) is 3.67. The molecule has 0 spiro atoms. The largest absolute Gasteiger partial charge is 0.489 e. The van der Waals surface area contributed by atoms with Gasteiger partial charge in [-0.3, -0.25) is 10.7 Å². The average Bonchev–Trinajstić information content (AvgIpc) is 2.24. The lowest BCUT2D eigenvalue weighted by Gasteiger charge is -2.14. The molecule has 0 aliphatic carbocycles. The van der Waals surface area contributed by atoms with Crippen molar-refractivity contribution in [3.8, 4) is 5.75 Å². The molecule has 0 fully saturated rings. The van der Waals surface area contributed by atoms with E-state index in [-0.39, 0.29) is 12.4 Å². The van der Waals surface area contributed by atoms with E-state index in [1.54, 1.807) is 6.92 Å². The van der Waals surface area contributed by atoms with Gasteiger partial charge in [0, 0.05) is 0 Å². The van der Waals surface area contributed by atoms with Gasteiger partial charge < -0.3 is 4.74 Å². The Hall–Kier alpha value is -1.69. The fourth-order valence-corrected chi connectivity index (χ4v) is 1.15. The highest BCUT2D eigenvalue weighted by atomic mass is 19.4. The molecule has 0 bridgehead atoms. The summed E-state index contributed by atoms with van der Waals surface area (Å²) >= 11 is 0. The second-order valence-corrected chi connectivity index (χ2v) is 3.56. The van der Waals surface area contributed by atoms with Crippen molar-refractivity contribution in [3.63, 3.8) is 0 Å². The summed E-state index contributed by atoms with van der Waals surface area (Å²) in [5.74, 6) is 0.0688. The maximum absolute atomic E-state index is 12.6. The molecule has 1 aromatic rings. The molecule has 3 nitrogen and oxygen atoms in total. The lowest BCUT2D eigenvalue weighted by molar-refractivity contribution is -0.137. The highest BCUT2D eigenvalue weighted by Gasteiger charge is 2.34. The summed E-state index contributed by atoms with van der Waals surface area (Å²) in [4.78, 5) is 0. The number of rotatable bonds is 4. The van der Waals surface area contributed by atoms with Crippen LogP contribution in [0.2, 0.25) is 0 Å². The maximum atomic E-state index is 12.6. The Kier molecular flexibility index (Phi) is 4.01. The zero-order valence-corrected chi connectivity index (χ0v) is 9.14. The first-order valence-electron chi connectivity index (χ1n) is 4.73. The molecule has 17 heavy (non-hydrogen) atoms. The Morgan fingerprint density at radius 1 is 1.47 bits per heavy atom. The Morgan fingerprint density at radius 2 is 2.12 bits per heavy atom. The molecule has 2 N–H and O–H groups in total. The van der Waals surface area contributed by atoms with Crippen LogP contribution < -0.4 is 10.2 Å². The first kappa shape index (κ1) is 13.4. The monoisotopic (exact) mass is 247 g/mol. The van der Waals surface area contributed by atoms with Gasteiger partial charge in [-0.1, -0.05) is 6.58 Å². The van der Waals surface area contributed by atoms with Gasteiger partial charge in [0.2, 0.25) is 0 Å². The van der Waals surface area contributed by atoms with E-state index in [2.05, 4.69) is 6.58 Å². The van der Waals surface area contributed by atoms with Gasteiger partial charge in [-0.25, -0.2) is 0 Å². The molecular weight excluding hydrogens is 235 g/mol. The van der Waals surface area contributed by atoms with Crippen molar-refractivity contribution in [1.29, 1.82) is 0 Å². The molecule has 0 heterocycles. The molecule has 0 saturated carbocycles. The predicted molar refractivity (Wildman–Crippen MR) is 57.2 cm³/mol. The Bertz CT molecular complexity index is 416. The van der Waals surface area contributed by atoms with Gasteiger partial charge in [-0.05, 0) is 30.7 Å². The molecule has 0 radical (unpaired) electrons. The Morgan fingerprint density at radius 3 is 2.59 bits per heavy atom. The summed E-state index contributed by atoms with van der Waals surface area (Å²) < 4.78 is 42.9. The summed E-state index contributed by atoms with van der Waals surface area (Å²) in [6.07, 6.45) is -4.56. The first-order chi connectivity index (χ1) is 7.84. The van der Waals surface area contributed by atoms with Crippen molar-refractivity contribution < 1.29 is 23.1 Å². The fourth-order valence-electron chi connectivity index (χ4n) is 1.15. The summed E-state index contributed by atoms with van der Waals surface area (Å²) in [5, 5.41) is 8.59. The van der Waals surface area contributed by atoms with E-state index >= 15 is 0 Å². The zero-order valence-electron chi connectivity index (χ0n) is 9.14. The lowest BCUT2D eigenvalue weighted by atomic mass is 10.1. The second-order valence-electron chi connectivity index (χ2n) is 3.56. The van der Waals surface area contributed by atoms with E-state index in [0.29, 0.717) is 5.57 Å². The van der Waals surface area contributed by atoms with Crippen LogP contribution in [-0.4, -0.2) is 11.8 Å². The van der Waals surface area contributed by atoms with E-state index < -0.39 is 17.4 Å². The van der Waals surface area contributed by atoms with Gasteiger partial charge in [0.15, 0.2) is 0 Å². The third-order valence-corrected chi connectivity index (χ3v) is 1.90. The fraction of sp³-hybridized carbons (Fsp3) is 0.273. The number of hydrogen-bond acceptors (Lipinski definition) is 3.